The van der Waals surface area contributed by atoms with E-state index >= 15 is 4.39 Å². The summed E-state index contributed by atoms with van der Waals surface area (Å²) in [6.45, 7) is 0. The first-order chi connectivity index (χ1) is 9.53. The summed E-state index contributed by atoms with van der Waals surface area (Å²) in [7, 11) is 1.74. The van der Waals surface area contributed by atoms with Crippen LogP contribution < -0.4 is 0 Å². The van der Waals surface area contributed by atoms with Gasteiger partial charge in [-0.3, -0.25) is 0 Å². The van der Waals surface area contributed by atoms with Crippen molar-refractivity contribution in [3.8, 4) is 0 Å². The van der Waals surface area contributed by atoms with Gasteiger partial charge in [-0.1, -0.05) is 29.6 Å². The van der Waals surface area contributed by atoms with Gasteiger partial charge in [0.15, 0.2) is 12.0 Å². The fourth-order valence-corrected chi connectivity index (χ4v) is 3.23. The van der Waals surface area contributed by atoms with Crippen molar-refractivity contribution in [3.05, 3.63) is 40.2 Å². The topological polar surface area (TPSA) is 43.6 Å². The van der Waals surface area contributed by atoms with Gasteiger partial charge < -0.3 is 4.57 Å². The summed E-state index contributed by atoms with van der Waals surface area (Å²) in [6, 6.07) is 3.38. The number of hydrogen-bond acceptors (Lipinski definition) is 3. The first kappa shape index (κ1) is 13.8. The normalized spacial score (nSPS) is 18.6. The van der Waals surface area contributed by atoms with Crippen LogP contribution in [-0.2, 0) is 12.5 Å². The van der Waals surface area contributed by atoms with E-state index in [9.17, 15) is 0 Å². The number of alkyl halides is 1. The lowest BCUT2D eigenvalue weighted by molar-refractivity contribution is 0.0917. The second kappa shape index (κ2) is 4.97. The minimum absolute atomic E-state index is 0.281. The second-order valence-corrected chi connectivity index (χ2v) is 5.95. The predicted molar refractivity (Wildman–Crippen MR) is 74.6 cm³/mol. The smallest absolute Gasteiger partial charge is 0.169 e. The van der Waals surface area contributed by atoms with Gasteiger partial charge in [0.25, 0.3) is 0 Å². The molecule has 20 heavy (non-hydrogen) atoms. The van der Waals surface area contributed by atoms with Gasteiger partial charge in [0, 0.05) is 12.5 Å². The molecule has 0 aromatic carbocycles. The summed E-state index contributed by atoms with van der Waals surface area (Å²) < 4.78 is 16.7. The molecule has 4 nitrogen and oxygen atoms in total. The number of halogens is 3. The van der Waals surface area contributed by atoms with E-state index < -0.39 is 11.6 Å². The van der Waals surface area contributed by atoms with E-state index in [2.05, 4.69) is 15.2 Å². The fourth-order valence-electron chi connectivity index (χ4n) is 2.77. The van der Waals surface area contributed by atoms with Crippen molar-refractivity contribution in [2.75, 3.05) is 0 Å². The van der Waals surface area contributed by atoms with Crippen LogP contribution in [0, 0.1) is 0 Å². The highest BCUT2D eigenvalue weighted by molar-refractivity contribution is 6.32. The maximum atomic E-state index is 15.0. The molecule has 7 heteroatoms. The van der Waals surface area contributed by atoms with Crippen molar-refractivity contribution in [1.82, 2.24) is 19.7 Å². The summed E-state index contributed by atoms with van der Waals surface area (Å²) in [5.74, 6) is 0.328. The second-order valence-electron chi connectivity index (χ2n) is 5.17. The third kappa shape index (κ3) is 2.09. The third-order valence-electron chi connectivity index (χ3n) is 4.04. The monoisotopic (exact) mass is 314 g/mol. The molecule has 0 radical (unpaired) electrons. The molecule has 1 unspecified atom stereocenters. The summed E-state index contributed by atoms with van der Waals surface area (Å²) in [6.07, 6.45) is 2.70. The molecular formula is C13H13Cl2FN4. The molecule has 1 saturated carbocycles. The quantitative estimate of drug-likeness (QED) is 0.812. The highest BCUT2D eigenvalue weighted by Crippen LogP contribution is 2.53. The van der Waals surface area contributed by atoms with Crippen LogP contribution in [0.3, 0.4) is 0 Å². The zero-order chi connectivity index (χ0) is 14.3. The van der Waals surface area contributed by atoms with E-state index in [1.165, 1.54) is 6.33 Å². The van der Waals surface area contributed by atoms with E-state index in [1.807, 2.05) is 0 Å². The standard InChI is InChI=1S/C13H13Cl2FN4/c1-20-7-17-19-12(20)11(16)13(3-2-4-13)8-5-9(14)18-10(15)6-8/h5-7,11H,2-4H2,1H3. The summed E-state index contributed by atoms with van der Waals surface area (Å²) in [5.41, 5.74) is 0.154. The van der Waals surface area contributed by atoms with Crippen LogP contribution in [0.2, 0.25) is 10.3 Å². The summed E-state index contributed by atoms with van der Waals surface area (Å²) in [5, 5.41) is 8.21. The molecule has 0 aliphatic heterocycles. The first-order valence-electron chi connectivity index (χ1n) is 6.34. The molecule has 1 fully saturated rings. The van der Waals surface area contributed by atoms with Crippen LogP contribution >= 0.6 is 23.2 Å². The molecule has 2 heterocycles. The van der Waals surface area contributed by atoms with E-state index in [4.69, 9.17) is 23.2 Å². The average molecular weight is 315 g/mol. The number of nitrogens with zero attached hydrogens (tertiary/aromatic N) is 4. The van der Waals surface area contributed by atoms with Gasteiger partial charge in [0.2, 0.25) is 0 Å². The molecule has 0 bridgehead atoms. The van der Waals surface area contributed by atoms with Crippen molar-refractivity contribution in [2.24, 2.45) is 7.05 Å². The van der Waals surface area contributed by atoms with Crippen LogP contribution in [0.25, 0.3) is 0 Å². The third-order valence-corrected chi connectivity index (χ3v) is 4.43. The van der Waals surface area contributed by atoms with Crippen molar-refractivity contribution in [1.29, 1.82) is 0 Å². The lowest BCUT2D eigenvalue weighted by Crippen LogP contribution is -2.39. The molecular weight excluding hydrogens is 302 g/mol. The predicted octanol–water partition coefficient (Wildman–Crippen LogP) is 3.65. The maximum absolute atomic E-state index is 15.0. The van der Waals surface area contributed by atoms with Gasteiger partial charge >= 0.3 is 0 Å². The summed E-state index contributed by atoms with van der Waals surface area (Å²) >= 11 is 11.9. The Morgan fingerprint density at radius 3 is 2.40 bits per heavy atom. The van der Waals surface area contributed by atoms with E-state index in [-0.39, 0.29) is 10.3 Å². The van der Waals surface area contributed by atoms with E-state index in [0.717, 1.165) is 24.8 Å². The molecule has 0 spiro atoms. The summed E-state index contributed by atoms with van der Waals surface area (Å²) in [4.78, 5) is 3.92. The molecule has 3 rings (SSSR count). The Labute approximate surface area is 125 Å². The number of aryl methyl sites for hydroxylation is 1. The SMILES string of the molecule is Cn1cnnc1C(F)C1(c2cc(Cl)nc(Cl)c2)CCC1. The van der Waals surface area contributed by atoms with Crippen LogP contribution in [0.1, 0.15) is 36.8 Å². The Morgan fingerprint density at radius 2 is 1.95 bits per heavy atom. The van der Waals surface area contributed by atoms with Crippen LogP contribution in [0.5, 0.6) is 0 Å². The lowest BCUT2D eigenvalue weighted by Gasteiger charge is -2.44. The van der Waals surface area contributed by atoms with Crippen molar-refractivity contribution >= 4 is 23.2 Å². The minimum Gasteiger partial charge on any atom is -0.318 e. The molecule has 1 aliphatic rings. The van der Waals surface area contributed by atoms with Gasteiger partial charge in [0.1, 0.15) is 16.6 Å². The number of rotatable bonds is 3. The fraction of sp³-hybridized carbons (Fsp3) is 0.462. The van der Waals surface area contributed by atoms with Crippen LogP contribution in [0.4, 0.5) is 4.39 Å². The van der Waals surface area contributed by atoms with Crippen LogP contribution in [-0.4, -0.2) is 19.7 Å². The van der Waals surface area contributed by atoms with E-state index in [0.29, 0.717) is 5.82 Å². The zero-order valence-corrected chi connectivity index (χ0v) is 12.4. The van der Waals surface area contributed by atoms with Crippen molar-refractivity contribution in [3.63, 3.8) is 0 Å². The highest BCUT2D eigenvalue weighted by Gasteiger charge is 2.49. The minimum atomic E-state index is -1.24. The molecule has 2 aromatic heterocycles. The van der Waals surface area contributed by atoms with Gasteiger partial charge in [0.05, 0.1) is 0 Å². The van der Waals surface area contributed by atoms with E-state index in [1.54, 1.807) is 23.7 Å². The zero-order valence-electron chi connectivity index (χ0n) is 10.9. The molecule has 2 aromatic rings. The highest BCUT2D eigenvalue weighted by atomic mass is 35.5. The van der Waals surface area contributed by atoms with Crippen molar-refractivity contribution < 1.29 is 4.39 Å². The van der Waals surface area contributed by atoms with Gasteiger partial charge in [-0.25, -0.2) is 9.37 Å². The van der Waals surface area contributed by atoms with Gasteiger partial charge in [-0.05, 0) is 30.5 Å². The maximum Gasteiger partial charge on any atom is 0.169 e. The molecule has 106 valence electrons. The number of pyridine rings is 1. The average Bonchev–Trinajstić information content (AvgIpc) is 2.72. The number of aromatic nitrogens is 4. The molecule has 1 aliphatic carbocycles. The van der Waals surface area contributed by atoms with Gasteiger partial charge in [-0.2, -0.15) is 0 Å². The molecule has 0 N–H and O–H groups in total. The first-order valence-corrected chi connectivity index (χ1v) is 7.10. The van der Waals surface area contributed by atoms with Crippen molar-refractivity contribution in [2.45, 2.75) is 30.8 Å². The number of hydrogen-bond donors (Lipinski definition) is 0. The lowest BCUT2D eigenvalue weighted by atomic mass is 9.61. The van der Waals surface area contributed by atoms with Crippen LogP contribution in [0.15, 0.2) is 18.5 Å². The Morgan fingerprint density at radius 1 is 1.30 bits per heavy atom. The largest absolute Gasteiger partial charge is 0.318 e. The Hall–Kier alpha value is -1.20. The Balaban J connectivity index is 2.05. The molecule has 0 amide bonds. The Bertz CT molecular complexity index is 619. The molecule has 1 atom stereocenters. The Kier molecular flexibility index (Phi) is 3.42. The molecule has 0 saturated heterocycles. The van der Waals surface area contributed by atoms with Gasteiger partial charge in [-0.15, -0.1) is 10.2 Å².